The predicted octanol–water partition coefficient (Wildman–Crippen LogP) is 4.74. The number of hydrogen-bond acceptors (Lipinski definition) is 5. The first-order valence-electron chi connectivity index (χ1n) is 11.0. The first-order chi connectivity index (χ1) is 13.5. The van der Waals surface area contributed by atoms with E-state index in [1.54, 1.807) is 0 Å². The molecule has 6 rings (SSSR count). The summed E-state index contributed by atoms with van der Waals surface area (Å²) in [7, 11) is 0. The zero-order valence-electron chi connectivity index (χ0n) is 17.2. The van der Waals surface area contributed by atoms with Crippen LogP contribution in [-0.4, -0.2) is 30.3 Å². The summed E-state index contributed by atoms with van der Waals surface area (Å²) < 4.78 is 13.1. The molecule has 0 radical (unpaired) electrons. The van der Waals surface area contributed by atoms with Crippen molar-refractivity contribution < 1.29 is 19.2 Å². The van der Waals surface area contributed by atoms with Gasteiger partial charge in [0, 0.05) is 24.6 Å². The average molecular weight is 388 g/mol. The van der Waals surface area contributed by atoms with Crippen LogP contribution < -0.4 is 5.32 Å². The summed E-state index contributed by atoms with van der Waals surface area (Å²) in [6, 6.07) is 10.4. The molecular formula is C23H33NO4. The molecule has 4 heterocycles. The average Bonchev–Trinajstić information content (AvgIpc) is 2.92. The largest absolute Gasteiger partial charge is 0.385 e. The Morgan fingerprint density at radius 1 is 1.04 bits per heavy atom. The van der Waals surface area contributed by atoms with Crippen LogP contribution in [0.5, 0.6) is 0 Å². The molecule has 1 saturated carbocycles. The molecule has 5 nitrogen and oxygen atoms in total. The Kier molecular flexibility index (Phi) is 4.70. The topological polar surface area (TPSA) is 49.0 Å². The number of rotatable bonds is 4. The van der Waals surface area contributed by atoms with E-state index in [2.05, 4.69) is 43.4 Å². The second-order valence-corrected chi connectivity index (χ2v) is 9.53. The molecule has 1 aromatic carbocycles. The number of nitrogens with one attached hydrogen (secondary N) is 1. The molecule has 4 aliphatic heterocycles. The SMILES string of the molecule is C[C@H]1[C@@H](CCNc2ccccc2)O[C@@H]2O[C@]3(C)CCC4[C@H](C)CC[C@@H]1C42OO3. The van der Waals surface area contributed by atoms with Crippen molar-refractivity contribution in [3.63, 3.8) is 0 Å². The van der Waals surface area contributed by atoms with Gasteiger partial charge in [-0.2, -0.15) is 0 Å². The minimum atomic E-state index is -0.690. The lowest BCUT2D eigenvalue weighted by Gasteiger charge is -2.60. The minimum absolute atomic E-state index is 0.164. The fraction of sp³-hybridized carbons (Fsp3) is 0.739. The van der Waals surface area contributed by atoms with E-state index in [4.69, 9.17) is 19.2 Å². The van der Waals surface area contributed by atoms with Gasteiger partial charge in [-0.1, -0.05) is 32.0 Å². The number of anilines is 1. The van der Waals surface area contributed by atoms with Crippen LogP contribution >= 0.6 is 0 Å². The quantitative estimate of drug-likeness (QED) is 0.756. The van der Waals surface area contributed by atoms with Crippen LogP contribution in [0.1, 0.15) is 52.9 Å². The number of fused-ring (bicyclic) bond motifs is 2. The van der Waals surface area contributed by atoms with Gasteiger partial charge in [0.1, 0.15) is 0 Å². The standard InChI is InChI=1S/C23H33NO4/c1-15-9-10-19-16(2)20(12-14-24-17-7-5-4-6-8-17)25-21-23(19)18(15)11-13-22(3,26-21)27-28-23/h4-8,15-16,18-21,24H,9-14H2,1-3H3/t15-,16-,18?,19+,20-,21-,22+,23?/m1/s1. The molecular weight excluding hydrogens is 354 g/mol. The van der Waals surface area contributed by atoms with Crippen molar-refractivity contribution in [2.45, 2.75) is 76.7 Å². The van der Waals surface area contributed by atoms with Crippen molar-refractivity contribution in [1.82, 2.24) is 0 Å². The molecule has 0 amide bonds. The third-order valence-electron chi connectivity index (χ3n) is 7.83. The maximum atomic E-state index is 6.63. The molecule has 1 aliphatic carbocycles. The van der Waals surface area contributed by atoms with Crippen molar-refractivity contribution in [1.29, 1.82) is 0 Å². The summed E-state index contributed by atoms with van der Waals surface area (Å²) >= 11 is 0. The van der Waals surface area contributed by atoms with Crippen LogP contribution in [0.2, 0.25) is 0 Å². The monoisotopic (exact) mass is 387 g/mol. The van der Waals surface area contributed by atoms with E-state index in [1.807, 2.05) is 13.0 Å². The smallest absolute Gasteiger partial charge is 0.201 e. The molecule has 1 aromatic rings. The highest BCUT2D eigenvalue weighted by Gasteiger charge is 2.69. The van der Waals surface area contributed by atoms with Crippen molar-refractivity contribution in [3.8, 4) is 0 Å². The van der Waals surface area contributed by atoms with Gasteiger partial charge < -0.3 is 14.8 Å². The highest BCUT2D eigenvalue weighted by atomic mass is 17.3. The van der Waals surface area contributed by atoms with E-state index in [1.165, 1.54) is 6.42 Å². The summed E-state index contributed by atoms with van der Waals surface area (Å²) in [4.78, 5) is 12.1. The van der Waals surface area contributed by atoms with E-state index in [0.29, 0.717) is 23.7 Å². The second kappa shape index (κ2) is 6.98. The molecule has 1 spiro atoms. The molecule has 2 unspecified atom stereocenters. The molecule has 5 fully saturated rings. The first kappa shape index (κ1) is 18.9. The normalized spacial score (nSPS) is 47.2. The van der Waals surface area contributed by atoms with Crippen LogP contribution in [0.4, 0.5) is 5.69 Å². The Morgan fingerprint density at radius 3 is 2.68 bits per heavy atom. The van der Waals surface area contributed by atoms with Crippen LogP contribution in [0.15, 0.2) is 30.3 Å². The molecule has 2 bridgehead atoms. The lowest BCUT2D eigenvalue weighted by Crippen LogP contribution is -2.70. The van der Waals surface area contributed by atoms with Crippen LogP contribution in [0, 0.1) is 23.7 Å². The van der Waals surface area contributed by atoms with Gasteiger partial charge in [0.15, 0.2) is 11.9 Å². The molecule has 5 aliphatic rings. The zero-order valence-corrected chi connectivity index (χ0v) is 17.2. The maximum absolute atomic E-state index is 6.63. The van der Waals surface area contributed by atoms with Gasteiger partial charge >= 0.3 is 0 Å². The Balaban J connectivity index is 1.36. The summed E-state index contributed by atoms with van der Waals surface area (Å²) in [6.45, 7) is 7.57. The van der Waals surface area contributed by atoms with E-state index in [-0.39, 0.29) is 12.4 Å². The number of ether oxygens (including phenoxy) is 2. The summed E-state index contributed by atoms with van der Waals surface area (Å²) in [5.74, 6) is 1.19. The van der Waals surface area contributed by atoms with Crippen LogP contribution in [-0.2, 0) is 19.2 Å². The van der Waals surface area contributed by atoms with Gasteiger partial charge in [-0.25, -0.2) is 9.78 Å². The molecule has 1 N–H and O–H groups in total. The van der Waals surface area contributed by atoms with Gasteiger partial charge in [0.25, 0.3) is 0 Å². The molecule has 154 valence electrons. The van der Waals surface area contributed by atoms with Gasteiger partial charge in [0.05, 0.1) is 6.10 Å². The number of benzene rings is 1. The Morgan fingerprint density at radius 2 is 1.86 bits per heavy atom. The highest BCUT2D eigenvalue weighted by Crippen LogP contribution is 2.60. The summed E-state index contributed by atoms with van der Waals surface area (Å²) in [6.07, 6.45) is 5.15. The van der Waals surface area contributed by atoms with Gasteiger partial charge in [0.2, 0.25) is 5.79 Å². The maximum Gasteiger partial charge on any atom is 0.201 e. The molecule has 28 heavy (non-hydrogen) atoms. The predicted molar refractivity (Wildman–Crippen MR) is 106 cm³/mol. The molecule has 5 heteroatoms. The Hall–Kier alpha value is -1.14. The van der Waals surface area contributed by atoms with E-state index in [9.17, 15) is 0 Å². The van der Waals surface area contributed by atoms with Crippen molar-refractivity contribution >= 4 is 5.69 Å². The van der Waals surface area contributed by atoms with E-state index < -0.39 is 11.4 Å². The Labute approximate surface area is 168 Å². The third-order valence-corrected chi connectivity index (χ3v) is 7.83. The highest BCUT2D eigenvalue weighted by molar-refractivity contribution is 5.42. The van der Waals surface area contributed by atoms with Crippen LogP contribution in [0.3, 0.4) is 0 Å². The second-order valence-electron chi connectivity index (χ2n) is 9.53. The lowest BCUT2D eigenvalue weighted by atomic mass is 9.57. The van der Waals surface area contributed by atoms with Crippen molar-refractivity contribution in [3.05, 3.63) is 30.3 Å². The lowest BCUT2D eigenvalue weighted by molar-refractivity contribution is -0.571. The Bertz CT molecular complexity index is 699. The zero-order chi connectivity index (χ0) is 19.4. The minimum Gasteiger partial charge on any atom is -0.385 e. The van der Waals surface area contributed by atoms with Gasteiger partial charge in [-0.3, -0.25) is 0 Å². The molecule has 0 aromatic heterocycles. The fourth-order valence-corrected chi connectivity index (χ4v) is 6.22. The van der Waals surface area contributed by atoms with Crippen molar-refractivity contribution in [2.75, 3.05) is 11.9 Å². The summed E-state index contributed by atoms with van der Waals surface area (Å²) in [5.41, 5.74) is 0.708. The van der Waals surface area contributed by atoms with Gasteiger partial charge in [-0.15, -0.1) is 0 Å². The van der Waals surface area contributed by atoms with E-state index >= 15 is 0 Å². The first-order valence-corrected chi connectivity index (χ1v) is 11.0. The van der Waals surface area contributed by atoms with E-state index in [0.717, 1.165) is 37.9 Å². The molecule has 4 saturated heterocycles. The summed E-state index contributed by atoms with van der Waals surface area (Å²) in [5, 5.41) is 3.52. The fourth-order valence-electron chi connectivity index (χ4n) is 6.22. The van der Waals surface area contributed by atoms with Crippen molar-refractivity contribution in [2.24, 2.45) is 23.7 Å². The van der Waals surface area contributed by atoms with Gasteiger partial charge in [-0.05, 0) is 62.5 Å². The van der Waals surface area contributed by atoms with Crippen LogP contribution in [0.25, 0.3) is 0 Å². The number of hydrogen-bond donors (Lipinski definition) is 1. The number of para-hydroxylation sites is 1. The molecule has 8 atom stereocenters. The third kappa shape index (κ3) is 2.90.